The molecule has 122 valence electrons. The number of pyridine rings is 1. The molecule has 0 aliphatic heterocycles. The number of nitrogens with zero attached hydrogens (tertiary/aromatic N) is 1. The van der Waals surface area contributed by atoms with Crippen LogP contribution in [0.2, 0.25) is 0 Å². The molecular formula is C19H17NO4. The van der Waals surface area contributed by atoms with Crippen molar-refractivity contribution >= 4 is 16.9 Å². The van der Waals surface area contributed by atoms with Gasteiger partial charge in [0.1, 0.15) is 17.0 Å². The van der Waals surface area contributed by atoms with Gasteiger partial charge in [-0.3, -0.25) is 0 Å². The lowest BCUT2D eigenvalue weighted by molar-refractivity contribution is 0.0699. The molecular weight excluding hydrogens is 306 g/mol. The highest BCUT2D eigenvalue weighted by atomic mass is 16.5. The number of methoxy groups -OCH3 is 1. The third kappa shape index (κ3) is 2.76. The Kier molecular flexibility index (Phi) is 4.33. The minimum atomic E-state index is -1.01. The standard InChI is InChI=1S/C19H17NO4/c1-3-24-16-9-5-4-7-13(16)15-11-14(19(21)22)12-8-6-10-17(23-2)18(12)20-15/h4-11H,3H2,1-2H3,(H,21,22). The molecule has 0 bridgehead atoms. The fourth-order valence-electron chi connectivity index (χ4n) is 2.66. The maximum atomic E-state index is 11.7. The Labute approximate surface area is 139 Å². The molecule has 0 saturated carbocycles. The summed E-state index contributed by atoms with van der Waals surface area (Å²) < 4.78 is 11.0. The molecule has 0 spiro atoms. The number of ether oxygens (including phenoxy) is 2. The van der Waals surface area contributed by atoms with Crippen LogP contribution in [0, 0.1) is 0 Å². The van der Waals surface area contributed by atoms with Gasteiger partial charge in [0.25, 0.3) is 0 Å². The molecule has 1 N–H and O–H groups in total. The second-order valence-electron chi connectivity index (χ2n) is 5.15. The second kappa shape index (κ2) is 6.58. The molecule has 3 rings (SSSR count). The highest BCUT2D eigenvalue weighted by molar-refractivity contribution is 6.05. The van der Waals surface area contributed by atoms with Gasteiger partial charge in [-0.15, -0.1) is 0 Å². The summed E-state index contributed by atoms with van der Waals surface area (Å²) in [6.07, 6.45) is 0. The second-order valence-corrected chi connectivity index (χ2v) is 5.15. The topological polar surface area (TPSA) is 68.7 Å². The van der Waals surface area contributed by atoms with E-state index in [1.807, 2.05) is 31.2 Å². The van der Waals surface area contributed by atoms with Gasteiger partial charge in [0, 0.05) is 10.9 Å². The van der Waals surface area contributed by atoms with E-state index in [1.54, 1.807) is 24.3 Å². The number of rotatable bonds is 5. The number of benzene rings is 2. The SMILES string of the molecule is CCOc1ccccc1-c1cc(C(=O)O)c2cccc(OC)c2n1. The fraction of sp³-hybridized carbons (Fsp3) is 0.158. The van der Waals surface area contributed by atoms with E-state index in [0.717, 1.165) is 5.56 Å². The monoisotopic (exact) mass is 323 g/mol. The molecule has 0 saturated heterocycles. The zero-order valence-electron chi connectivity index (χ0n) is 13.4. The van der Waals surface area contributed by atoms with Crippen molar-refractivity contribution in [3.63, 3.8) is 0 Å². The number of para-hydroxylation sites is 2. The molecule has 1 aromatic heterocycles. The fourth-order valence-corrected chi connectivity index (χ4v) is 2.66. The van der Waals surface area contributed by atoms with Crippen LogP contribution in [-0.4, -0.2) is 29.8 Å². The van der Waals surface area contributed by atoms with Gasteiger partial charge in [0.2, 0.25) is 0 Å². The summed E-state index contributed by atoms with van der Waals surface area (Å²) in [5.74, 6) is 0.189. The minimum Gasteiger partial charge on any atom is -0.494 e. The lowest BCUT2D eigenvalue weighted by atomic mass is 10.0. The average Bonchev–Trinajstić information content (AvgIpc) is 2.61. The minimum absolute atomic E-state index is 0.181. The molecule has 0 fully saturated rings. The first kappa shape index (κ1) is 15.8. The molecule has 0 aliphatic rings. The summed E-state index contributed by atoms with van der Waals surface area (Å²) in [6, 6.07) is 14.3. The summed E-state index contributed by atoms with van der Waals surface area (Å²) >= 11 is 0. The van der Waals surface area contributed by atoms with Crippen LogP contribution in [0.15, 0.2) is 48.5 Å². The number of aromatic nitrogens is 1. The average molecular weight is 323 g/mol. The number of carbonyl (C=O) groups is 1. The zero-order valence-corrected chi connectivity index (χ0v) is 13.4. The first-order valence-electron chi connectivity index (χ1n) is 7.59. The maximum Gasteiger partial charge on any atom is 0.336 e. The molecule has 0 aliphatic carbocycles. The van der Waals surface area contributed by atoms with Gasteiger partial charge in [-0.05, 0) is 31.2 Å². The van der Waals surface area contributed by atoms with E-state index < -0.39 is 5.97 Å². The first-order chi connectivity index (χ1) is 11.7. The number of carboxylic acid groups (broad SMARTS) is 1. The van der Waals surface area contributed by atoms with Gasteiger partial charge in [0.15, 0.2) is 0 Å². The molecule has 2 aromatic carbocycles. The van der Waals surface area contributed by atoms with Crippen LogP contribution in [0.1, 0.15) is 17.3 Å². The largest absolute Gasteiger partial charge is 0.494 e. The third-order valence-electron chi connectivity index (χ3n) is 3.72. The van der Waals surface area contributed by atoms with Gasteiger partial charge < -0.3 is 14.6 Å². The Morgan fingerprint density at radius 3 is 2.58 bits per heavy atom. The van der Waals surface area contributed by atoms with Crippen molar-refractivity contribution in [2.24, 2.45) is 0 Å². The normalized spacial score (nSPS) is 10.6. The molecule has 0 amide bonds. The van der Waals surface area contributed by atoms with Gasteiger partial charge in [-0.1, -0.05) is 24.3 Å². The number of carboxylic acids is 1. The Balaban J connectivity index is 2.32. The molecule has 5 heteroatoms. The van der Waals surface area contributed by atoms with E-state index in [9.17, 15) is 9.90 Å². The van der Waals surface area contributed by atoms with E-state index in [2.05, 4.69) is 4.98 Å². The van der Waals surface area contributed by atoms with Gasteiger partial charge in [0.05, 0.1) is 25.0 Å². The van der Waals surface area contributed by atoms with Crippen molar-refractivity contribution < 1.29 is 19.4 Å². The zero-order chi connectivity index (χ0) is 17.1. The van der Waals surface area contributed by atoms with Crippen LogP contribution >= 0.6 is 0 Å². The molecule has 5 nitrogen and oxygen atoms in total. The maximum absolute atomic E-state index is 11.7. The number of aromatic carboxylic acids is 1. The summed E-state index contributed by atoms with van der Waals surface area (Å²) in [5, 5.41) is 10.1. The van der Waals surface area contributed by atoms with E-state index in [0.29, 0.717) is 34.7 Å². The lowest BCUT2D eigenvalue weighted by Crippen LogP contribution is -2.02. The molecule has 3 aromatic rings. The van der Waals surface area contributed by atoms with Crippen LogP contribution in [0.4, 0.5) is 0 Å². The third-order valence-corrected chi connectivity index (χ3v) is 3.72. The van der Waals surface area contributed by atoms with E-state index in [-0.39, 0.29) is 5.56 Å². The quantitative estimate of drug-likeness (QED) is 0.768. The lowest BCUT2D eigenvalue weighted by Gasteiger charge is -2.13. The number of fused-ring (bicyclic) bond motifs is 1. The van der Waals surface area contributed by atoms with Crippen LogP contribution in [0.3, 0.4) is 0 Å². The predicted molar refractivity (Wildman–Crippen MR) is 91.9 cm³/mol. The van der Waals surface area contributed by atoms with Gasteiger partial charge in [-0.25, -0.2) is 9.78 Å². The Morgan fingerprint density at radius 1 is 1.12 bits per heavy atom. The van der Waals surface area contributed by atoms with Crippen LogP contribution in [0.25, 0.3) is 22.2 Å². The van der Waals surface area contributed by atoms with Gasteiger partial charge in [-0.2, -0.15) is 0 Å². The smallest absolute Gasteiger partial charge is 0.336 e. The first-order valence-corrected chi connectivity index (χ1v) is 7.59. The molecule has 0 radical (unpaired) electrons. The summed E-state index contributed by atoms with van der Waals surface area (Å²) in [5.41, 5.74) is 1.98. The van der Waals surface area contributed by atoms with Crippen LogP contribution < -0.4 is 9.47 Å². The summed E-state index contributed by atoms with van der Waals surface area (Å²) in [4.78, 5) is 16.3. The Hall–Kier alpha value is -3.08. The van der Waals surface area contributed by atoms with Crippen molar-refractivity contribution in [2.45, 2.75) is 6.92 Å². The highest BCUT2D eigenvalue weighted by Gasteiger charge is 2.17. The molecule has 0 unspecified atom stereocenters. The van der Waals surface area contributed by atoms with Crippen molar-refractivity contribution in [2.75, 3.05) is 13.7 Å². The van der Waals surface area contributed by atoms with Crippen LogP contribution in [-0.2, 0) is 0 Å². The summed E-state index contributed by atoms with van der Waals surface area (Å²) in [6.45, 7) is 2.41. The van der Waals surface area contributed by atoms with E-state index in [1.165, 1.54) is 7.11 Å². The van der Waals surface area contributed by atoms with E-state index >= 15 is 0 Å². The number of hydrogen-bond donors (Lipinski definition) is 1. The summed E-state index contributed by atoms with van der Waals surface area (Å²) in [7, 11) is 1.54. The predicted octanol–water partition coefficient (Wildman–Crippen LogP) is 4.01. The van der Waals surface area contributed by atoms with Crippen molar-refractivity contribution in [1.82, 2.24) is 4.98 Å². The van der Waals surface area contributed by atoms with Crippen molar-refractivity contribution in [1.29, 1.82) is 0 Å². The van der Waals surface area contributed by atoms with Crippen LogP contribution in [0.5, 0.6) is 11.5 Å². The molecule has 0 atom stereocenters. The highest BCUT2D eigenvalue weighted by Crippen LogP contribution is 2.34. The Morgan fingerprint density at radius 2 is 1.88 bits per heavy atom. The van der Waals surface area contributed by atoms with Gasteiger partial charge >= 0.3 is 5.97 Å². The van der Waals surface area contributed by atoms with Crippen molar-refractivity contribution in [3.05, 3.63) is 54.1 Å². The van der Waals surface area contributed by atoms with E-state index in [4.69, 9.17) is 9.47 Å². The number of hydrogen-bond acceptors (Lipinski definition) is 4. The molecule has 24 heavy (non-hydrogen) atoms. The molecule has 1 heterocycles. The Bertz CT molecular complexity index is 905. The van der Waals surface area contributed by atoms with Crippen molar-refractivity contribution in [3.8, 4) is 22.8 Å².